The van der Waals surface area contributed by atoms with E-state index < -0.39 is 5.97 Å². The van der Waals surface area contributed by atoms with Crippen molar-refractivity contribution in [2.24, 2.45) is 0 Å². The molecule has 0 radical (unpaired) electrons. The SMILES string of the molecule is Nc1ccc(C(=O)O)nc1NC1COc2ccccc21. The first kappa shape index (κ1) is 12.3. The van der Waals surface area contributed by atoms with E-state index >= 15 is 0 Å². The van der Waals surface area contributed by atoms with Crippen molar-refractivity contribution < 1.29 is 14.6 Å². The van der Waals surface area contributed by atoms with Gasteiger partial charge in [-0.05, 0) is 18.2 Å². The second-order valence-corrected chi connectivity index (χ2v) is 4.49. The van der Waals surface area contributed by atoms with Gasteiger partial charge in [0.15, 0.2) is 11.5 Å². The molecular weight excluding hydrogens is 258 g/mol. The van der Waals surface area contributed by atoms with Crippen LogP contribution in [0.4, 0.5) is 11.5 Å². The molecule has 1 atom stereocenters. The quantitative estimate of drug-likeness (QED) is 0.789. The third-order valence-electron chi connectivity index (χ3n) is 3.16. The molecule has 20 heavy (non-hydrogen) atoms. The summed E-state index contributed by atoms with van der Waals surface area (Å²) in [6.07, 6.45) is 0. The molecule has 2 heterocycles. The molecule has 6 nitrogen and oxygen atoms in total. The number of nitrogens with zero attached hydrogens (tertiary/aromatic N) is 1. The Kier molecular flexibility index (Phi) is 2.90. The number of pyridine rings is 1. The summed E-state index contributed by atoms with van der Waals surface area (Å²) in [6, 6.07) is 10.5. The van der Waals surface area contributed by atoms with Gasteiger partial charge in [0.05, 0.1) is 11.7 Å². The number of rotatable bonds is 3. The molecule has 2 aromatic rings. The van der Waals surface area contributed by atoms with Crippen molar-refractivity contribution >= 4 is 17.5 Å². The Hall–Kier alpha value is -2.76. The fourth-order valence-corrected chi connectivity index (χ4v) is 2.15. The number of anilines is 2. The van der Waals surface area contributed by atoms with E-state index in [0.29, 0.717) is 18.1 Å². The minimum Gasteiger partial charge on any atom is -0.491 e. The number of aromatic carboxylic acids is 1. The van der Waals surface area contributed by atoms with Gasteiger partial charge in [-0.1, -0.05) is 18.2 Å². The van der Waals surface area contributed by atoms with Crippen molar-refractivity contribution in [2.75, 3.05) is 17.7 Å². The Bertz CT molecular complexity index is 672. The van der Waals surface area contributed by atoms with Crippen LogP contribution in [0, 0.1) is 0 Å². The zero-order valence-corrected chi connectivity index (χ0v) is 10.5. The van der Waals surface area contributed by atoms with Crippen molar-refractivity contribution in [2.45, 2.75) is 6.04 Å². The first-order chi connectivity index (χ1) is 9.65. The predicted octanol–water partition coefficient (Wildman–Crippen LogP) is 1.91. The normalized spacial score (nSPS) is 16.3. The highest BCUT2D eigenvalue weighted by Gasteiger charge is 2.24. The summed E-state index contributed by atoms with van der Waals surface area (Å²) < 4.78 is 5.55. The Balaban J connectivity index is 1.89. The molecule has 102 valence electrons. The fourth-order valence-electron chi connectivity index (χ4n) is 2.15. The van der Waals surface area contributed by atoms with Crippen LogP contribution in [0.3, 0.4) is 0 Å². The van der Waals surface area contributed by atoms with Crippen LogP contribution in [0.5, 0.6) is 5.75 Å². The highest BCUT2D eigenvalue weighted by molar-refractivity contribution is 5.86. The zero-order chi connectivity index (χ0) is 14.1. The number of hydrogen-bond acceptors (Lipinski definition) is 5. The number of aromatic nitrogens is 1. The van der Waals surface area contributed by atoms with Gasteiger partial charge in [0.2, 0.25) is 0 Å². The van der Waals surface area contributed by atoms with Crippen LogP contribution in [-0.2, 0) is 0 Å². The molecule has 1 aliphatic rings. The molecular formula is C14H13N3O3. The maximum absolute atomic E-state index is 10.9. The van der Waals surface area contributed by atoms with Crippen LogP contribution < -0.4 is 15.8 Å². The average Bonchev–Trinajstić information content (AvgIpc) is 2.84. The number of nitrogens with two attached hydrogens (primary N) is 1. The standard InChI is InChI=1S/C14H13N3O3/c15-9-5-6-10(14(18)19)16-13(9)17-11-7-20-12-4-2-1-3-8(11)12/h1-6,11H,7,15H2,(H,16,17)(H,18,19). The minimum absolute atomic E-state index is 0.0473. The lowest BCUT2D eigenvalue weighted by molar-refractivity contribution is 0.0690. The number of carboxylic acid groups (broad SMARTS) is 1. The zero-order valence-electron chi connectivity index (χ0n) is 10.5. The fraction of sp³-hybridized carbons (Fsp3) is 0.143. The average molecular weight is 271 g/mol. The number of nitrogen functional groups attached to an aromatic ring is 1. The van der Waals surface area contributed by atoms with Crippen LogP contribution in [-0.4, -0.2) is 22.7 Å². The van der Waals surface area contributed by atoms with E-state index in [1.807, 2.05) is 24.3 Å². The Morgan fingerprint density at radius 1 is 1.35 bits per heavy atom. The van der Waals surface area contributed by atoms with Crippen molar-refractivity contribution in [1.29, 1.82) is 0 Å². The highest BCUT2D eigenvalue weighted by atomic mass is 16.5. The molecule has 0 saturated carbocycles. The van der Waals surface area contributed by atoms with Gasteiger partial charge in [0.1, 0.15) is 12.4 Å². The van der Waals surface area contributed by atoms with Crippen LogP contribution in [0.2, 0.25) is 0 Å². The van der Waals surface area contributed by atoms with E-state index in [0.717, 1.165) is 11.3 Å². The Labute approximate surface area is 115 Å². The Morgan fingerprint density at radius 3 is 2.95 bits per heavy atom. The first-order valence-corrected chi connectivity index (χ1v) is 6.13. The maximum Gasteiger partial charge on any atom is 0.354 e. The molecule has 0 bridgehead atoms. The summed E-state index contributed by atoms with van der Waals surface area (Å²) in [6.45, 7) is 0.456. The van der Waals surface area contributed by atoms with Gasteiger partial charge >= 0.3 is 5.97 Å². The molecule has 0 saturated heterocycles. The molecule has 4 N–H and O–H groups in total. The van der Waals surface area contributed by atoms with Crippen LogP contribution in [0.15, 0.2) is 36.4 Å². The largest absolute Gasteiger partial charge is 0.491 e. The van der Waals surface area contributed by atoms with Gasteiger partial charge in [-0.2, -0.15) is 0 Å². The second-order valence-electron chi connectivity index (χ2n) is 4.49. The van der Waals surface area contributed by atoms with Crippen molar-refractivity contribution in [1.82, 2.24) is 4.98 Å². The Morgan fingerprint density at radius 2 is 2.15 bits per heavy atom. The van der Waals surface area contributed by atoms with Crippen LogP contribution in [0.25, 0.3) is 0 Å². The summed E-state index contributed by atoms with van der Waals surface area (Å²) in [4.78, 5) is 15.0. The lowest BCUT2D eigenvalue weighted by Crippen LogP contribution is -2.15. The molecule has 1 aromatic heterocycles. The number of ether oxygens (including phenoxy) is 1. The van der Waals surface area contributed by atoms with Crippen molar-refractivity contribution in [3.05, 3.63) is 47.7 Å². The number of hydrogen-bond donors (Lipinski definition) is 3. The van der Waals surface area contributed by atoms with E-state index in [1.54, 1.807) is 0 Å². The molecule has 1 unspecified atom stereocenters. The third-order valence-corrected chi connectivity index (χ3v) is 3.16. The monoisotopic (exact) mass is 271 g/mol. The van der Waals surface area contributed by atoms with E-state index in [9.17, 15) is 4.79 Å². The van der Waals surface area contributed by atoms with Gasteiger partial charge in [0, 0.05) is 5.56 Å². The summed E-state index contributed by atoms with van der Waals surface area (Å²) in [7, 11) is 0. The number of fused-ring (bicyclic) bond motifs is 1. The smallest absolute Gasteiger partial charge is 0.354 e. The number of nitrogens with one attached hydrogen (secondary N) is 1. The maximum atomic E-state index is 10.9. The topological polar surface area (TPSA) is 97.5 Å². The molecule has 0 spiro atoms. The number of carboxylic acids is 1. The molecule has 6 heteroatoms. The van der Waals surface area contributed by atoms with Gasteiger partial charge in [0.25, 0.3) is 0 Å². The second kappa shape index (κ2) is 4.73. The van der Waals surface area contributed by atoms with E-state index in [2.05, 4.69) is 10.3 Å². The third kappa shape index (κ3) is 2.11. The van der Waals surface area contributed by atoms with Gasteiger partial charge in [-0.3, -0.25) is 0 Å². The molecule has 1 aromatic carbocycles. The molecule has 0 fully saturated rings. The van der Waals surface area contributed by atoms with E-state index in [-0.39, 0.29) is 11.7 Å². The van der Waals surface area contributed by atoms with E-state index in [1.165, 1.54) is 12.1 Å². The first-order valence-electron chi connectivity index (χ1n) is 6.13. The molecule has 0 aliphatic carbocycles. The van der Waals surface area contributed by atoms with Crippen LogP contribution in [0.1, 0.15) is 22.1 Å². The molecule has 1 aliphatic heterocycles. The highest BCUT2D eigenvalue weighted by Crippen LogP contribution is 2.34. The van der Waals surface area contributed by atoms with Crippen molar-refractivity contribution in [3.8, 4) is 5.75 Å². The lowest BCUT2D eigenvalue weighted by Gasteiger charge is -2.14. The molecule has 3 rings (SSSR count). The van der Waals surface area contributed by atoms with Gasteiger partial charge in [-0.25, -0.2) is 9.78 Å². The molecule has 0 amide bonds. The van der Waals surface area contributed by atoms with E-state index in [4.69, 9.17) is 15.6 Å². The van der Waals surface area contributed by atoms with Gasteiger partial charge < -0.3 is 20.9 Å². The minimum atomic E-state index is -1.09. The lowest BCUT2D eigenvalue weighted by atomic mass is 10.1. The number of carbonyl (C=O) groups is 1. The van der Waals surface area contributed by atoms with Gasteiger partial charge in [-0.15, -0.1) is 0 Å². The summed E-state index contributed by atoms with van der Waals surface area (Å²) in [5, 5.41) is 12.1. The number of benzene rings is 1. The summed E-state index contributed by atoms with van der Waals surface area (Å²) in [5.74, 6) is 0.0873. The predicted molar refractivity (Wildman–Crippen MR) is 73.9 cm³/mol. The van der Waals surface area contributed by atoms with Crippen LogP contribution >= 0.6 is 0 Å². The number of para-hydroxylation sites is 1. The summed E-state index contributed by atoms with van der Waals surface area (Å²) in [5.41, 5.74) is 7.19. The summed E-state index contributed by atoms with van der Waals surface area (Å²) >= 11 is 0. The van der Waals surface area contributed by atoms with Crippen molar-refractivity contribution in [3.63, 3.8) is 0 Å².